The number of fused-ring (bicyclic) bond motifs is 1. The molecule has 64 valence electrons. The minimum atomic E-state index is 0.556. The van der Waals surface area contributed by atoms with E-state index in [9.17, 15) is 4.79 Å². The molecule has 0 amide bonds. The molecule has 0 atom stereocenters. The summed E-state index contributed by atoms with van der Waals surface area (Å²) in [6, 6.07) is 3.42. The van der Waals surface area contributed by atoms with E-state index in [-0.39, 0.29) is 0 Å². The van der Waals surface area contributed by atoms with Gasteiger partial charge in [-0.05, 0) is 22.0 Å². The Kier molecular flexibility index (Phi) is 1.96. The lowest BCUT2D eigenvalue weighted by Gasteiger charge is -1.94. The molecule has 0 aliphatic rings. The molecule has 0 aliphatic heterocycles. The van der Waals surface area contributed by atoms with Crippen molar-refractivity contribution in [3.8, 4) is 0 Å². The van der Waals surface area contributed by atoms with E-state index in [1.165, 1.54) is 6.08 Å². The Morgan fingerprint density at radius 1 is 1.62 bits per heavy atom. The number of isocyanates is 1. The minimum Gasteiger partial charge on any atom is -0.294 e. The Balaban J connectivity index is 2.69. The number of pyridine rings is 1. The number of rotatable bonds is 1. The van der Waals surface area contributed by atoms with Crippen molar-refractivity contribution in [3.05, 3.63) is 29.1 Å². The van der Waals surface area contributed by atoms with Gasteiger partial charge in [0, 0.05) is 12.3 Å². The zero-order chi connectivity index (χ0) is 9.26. The summed E-state index contributed by atoms with van der Waals surface area (Å²) in [5.74, 6) is 0. The largest absolute Gasteiger partial charge is 0.294 e. The zero-order valence-electron chi connectivity index (χ0n) is 6.44. The number of aromatic nitrogens is 2. The fourth-order valence-corrected chi connectivity index (χ4v) is 1.46. The van der Waals surface area contributed by atoms with Crippen molar-refractivity contribution < 1.29 is 4.79 Å². The van der Waals surface area contributed by atoms with E-state index < -0.39 is 0 Å². The van der Waals surface area contributed by atoms with Gasteiger partial charge >= 0.3 is 0 Å². The number of nitrogens with zero attached hydrogens (tertiary/aromatic N) is 3. The van der Waals surface area contributed by atoms with Crippen LogP contribution in [0.3, 0.4) is 0 Å². The summed E-state index contributed by atoms with van der Waals surface area (Å²) in [7, 11) is 0. The smallest absolute Gasteiger partial charge is 0.240 e. The molecular weight excluding hydrogens is 234 g/mol. The lowest BCUT2D eigenvalue weighted by molar-refractivity contribution is 0.565. The summed E-state index contributed by atoms with van der Waals surface area (Å²) < 4.78 is 2.70. The van der Waals surface area contributed by atoms with Gasteiger partial charge in [0.15, 0.2) is 0 Å². The fraction of sp³-hybridized carbons (Fsp3) is 0. The van der Waals surface area contributed by atoms with Gasteiger partial charge in [-0.2, -0.15) is 4.99 Å². The number of carbonyl (C=O) groups excluding carboxylic acids is 1. The first-order chi connectivity index (χ1) is 6.31. The van der Waals surface area contributed by atoms with E-state index in [1.54, 1.807) is 24.5 Å². The van der Waals surface area contributed by atoms with Gasteiger partial charge in [0.1, 0.15) is 10.3 Å². The van der Waals surface area contributed by atoms with E-state index in [0.717, 1.165) is 10.3 Å². The monoisotopic (exact) mass is 237 g/mol. The molecule has 0 saturated carbocycles. The van der Waals surface area contributed by atoms with Crippen LogP contribution in [0.15, 0.2) is 34.1 Å². The summed E-state index contributed by atoms with van der Waals surface area (Å²) in [6.07, 6.45) is 4.95. The standard InChI is InChI=1S/C8H4BrN3O/c9-7-4-10-8-3-6(11-5-13)1-2-12(7)8/h1-4H. The number of aliphatic imine (C=N–C) groups is 1. The van der Waals surface area contributed by atoms with Crippen molar-refractivity contribution in [2.45, 2.75) is 0 Å². The SMILES string of the molecule is O=C=Nc1ccn2c(Br)cnc2c1. The third kappa shape index (κ3) is 1.39. The second kappa shape index (κ2) is 3.12. The van der Waals surface area contributed by atoms with E-state index in [2.05, 4.69) is 25.9 Å². The van der Waals surface area contributed by atoms with E-state index in [0.29, 0.717) is 5.69 Å². The number of hydrogen-bond donors (Lipinski definition) is 0. The van der Waals surface area contributed by atoms with Gasteiger partial charge in [0.25, 0.3) is 0 Å². The van der Waals surface area contributed by atoms with Gasteiger partial charge in [-0.3, -0.25) is 4.40 Å². The molecule has 0 bridgehead atoms. The van der Waals surface area contributed by atoms with Gasteiger partial charge in [0.2, 0.25) is 6.08 Å². The molecule has 0 fully saturated rings. The summed E-state index contributed by atoms with van der Waals surface area (Å²) in [4.78, 5) is 17.6. The quantitative estimate of drug-likeness (QED) is 0.563. The van der Waals surface area contributed by atoms with Crippen molar-refractivity contribution >= 4 is 33.3 Å². The van der Waals surface area contributed by atoms with E-state index >= 15 is 0 Å². The second-order valence-electron chi connectivity index (χ2n) is 2.40. The average Bonchev–Trinajstić information content (AvgIpc) is 2.48. The van der Waals surface area contributed by atoms with Crippen LogP contribution in [0.5, 0.6) is 0 Å². The van der Waals surface area contributed by atoms with Crippen LogP contribution in [0.2, 0.25) is 0 Å². The maximum Gasteiger partial charge on any atom is 0.240 e. The van der Waals surface area contributed by atoms with Crippen LogP contribution in [0.1, 0.15) is 0 Å². The predicted octanol–water partition coefficient (Wildman–Crippen LogP) is 2.06. The number of halogens is 1. The summed E-state index contributed by atoms with van der Waals surface area (Å²) in [5.41, 5.74) is 1.30. The summed E-state index contributed by atoms with van der Waals surface area (Å²) in [5, 5.41) is 0. The van der Waals surface area contributed by atoms with E-state index in [1.807, 2.05) is 4.40 Å². The topological polar surface area (TPSA) is 46.7 Å². The van der Waals surface area contributed by atoms with Gasteiger partial charge < -0.3 is 0 Å². The summed E-state index contributed by atoms with van der Waals surface area (Å²) in [6.45, 7) is 0. The van der Waals surface area contributed by atoms with Gasteiger partial charge in [-0.15, -0.1) is 0 Å². The molecular formula is C8H4BrN3O. The minimum absolute atomic E-state index is 0.556. The highest BCUT2D eigenvalue weighted by Crippen LogP contribution is 2.17. The molecule has 0 unspecified atom stereocenters. The Bertz CT molecular complexity index is 499. The highest BCUT2D eigenvalue weighted by atomic mass is 79.9. The molecule has 0 aliphatic carbocycles. The molecule has 5 heteroatoms. The first-order valence-corrected chi connectivity index (χ1v) is 4.31. The molecule has 0 saturated heterocycles. The molecule has 2 heterocycles. The predicted molar refractivity (Wildman–Crippen MR) is 50.7 cm³/mol. The lowest BCUT2D eigenvalue weighted by atomic mass is 10.4. The molecule has 0 spiro atoms. The number of imidazole rings is 1. The van der Waals surface area contributed by atoms with Crippen LogP contribution in [0, 0.1) is 0 Å². The summed E-state index contributed by atoms with van der Waals surface area (Å²) >= 11 is 3.32. The van der Waals surface area contributed by atoms with E-state index in [4.69, 9.17) is 0 Å². The van der Waals surface area contributed by atoms with Crippen molar-refractivity contribution in [1.82, 2.24) is 9.38 Å². The molecule has 2 rings (SSSR count). The van der Waals surface area contributed by atoms with Crippen molar-refractivity contribution in [2.75, 3.05) is 0 Å². The number of hydrogen-bond acceptors (Lipinski definition) is 3. The Labute approximate surface area is 82.1 Å². The van der Waals surface area contributed by atoms with Crippen LogP contribution >= 0.6 is 15.9 Å². The molecule has 0 aromatic carbocycles. The Morgan fingerprint density at radius 2 is 2.46 bits per heavy atom. The highest BCUT2D eigenvalue weighted by Gasteiger charge is 1.99. The first kappa shape index (κ1) is 8.16. The molecule has 4 nitrogen and oxygen atoms in total. The lowest BCUT2D eigenvalue weighted by Crippen LogP contribution is -1.82. The first-order valence-electron chi connectivity index (χ1n) is 3.52. The third-order valence-electron chi connectivity index (χ3n) is 1.63. The van der Waals surface area contributed by atoms with Crippen molar-refractivity contribution in [3.63, 3.8) is 0 Å². The van der Waals surface area contributed by atoms with Crippen LogP contribution in [0.4, 0.5) is 5.69 Å². The molecule has 0 radical (unpaired) electrons. The van der Waals surface area contributed by atoms with Gasteiger partial charge in [-0.1, -0.05) is 0 Å². The third-order valence-corrected chi connectivity index (χ3v) is 2.21. The van der Waals surface area contributed by atoms with Gasteiger partial charge in [0.05, 0.1) is 11.9 Å². The Morgan fingerprint density at radius 3 is 3.23 bits per heavy atom. The van der Waals surface area contributed by atoms with Crippen LogP contribution < -0.4 is 0 Å². The maximum absolute atomic E-state index is 9.99. The van der Waals surface area contributed by atoms with Crippen molar-refractivity contribution in [1.29, 1.82) is 0 Å². The van der Waals surface area contributed by atoms with Crippen LogP contribution in [0.25, 0.3) is 5.65 Å². The Hall–Kier alpha value is -1.45. The van der Waals surface area contributed by atoms with Crippen LogP contribution in [-0.4, -0.2) is 15.5 Å². The zero-order valence-corrected chi connectivity index (χ0v) is 8.02. The normalized spacial score (nSPS) is 9.92. The second-order valence-corrected chi connectivity index (χ2v) is 3.21. The molecule has 2 aromatic heterocycles. The highest BCUT2D eigenvalue weighted by molar-refractivity contribution is 9.10. The van der Waals surface area contributed by atoms with Gasteiger partial charge in [-0.25, -0.2) is 9.78 Å². The average molecular weight is 238 g/mol. The van der Waals surface area contributed by atoms with Crippen LogP contribution in [-0.2, 0) is 4.79 Å². The fourth-order valence-electron chi connectivity index (χ4n) is 1.06. The molecule has 13 heavy (non-hydrogen) atoms. The maximum atomic E-state index is 9.99. The van der Waals surface area contributed by atoms with Crippen molar-refractivity contribution in [2.24, 2.45) is 4.99 Å². The molecule has 0 N–H and O–H groups in total. The molecule has 2 aromatic rings.